The molecule has 3 saturated heterocycles. The third-order valence-electron chi connectivity index (χ3n) is 17.6. The van der Waals surface area contributed by atoms with E-state index in [0.29, 0.717) is 75.8 Å². The predicted molar refractivity (Wildman–Crippen MR) is 385 cm³/mol. The number of hydrogen-bond acceptors (Lipinski definition) is 15. The average molecular weight is 1380 g/mol. The van der Waals surface area contributed by atoms with Gasteiger partial charge in [0.2, 0.25) is 17.7 Å². The molecule has 0 aliphatic carbocycles. The van der Waals surface area contributed by atoms with Crippen molar-refractivity contribution in [1.29, 1.82) is 0 Å². The predicted octanol–water partition coefficient (Wildman–Crippen LogP) is 7.59. The van der Waals surface area contributed by atoms with Crippen LogP contribution >= 0.6 is 0 Å². The van der Waals surface area contributed by atoms with Gasteiger partial charge in [-0.15, -0.1) is 0 Å². The molecule has 3 aliphatic rings. The molecular weight excluding hydrogens is 1280 g/mol. The molecule has 3 fully saturated rings. The zero-order chi connectivity index (χ0) is 70.3. The fraction of sp³-hybridized carbons (Fsp3) is 0.410. The summed E-state index contributed by atoms with van der Waals surface area (Å²) < 4.78 is 22.3. The van der Waals surface area contributed by atoms with Gasteiger partial charge in [0, 0.05) is 69.8 Å². The van der Waals surface area contributed by atoms with Gasteiger partial charge in [0.1, 0.15) is 26.1 Å². The van der Waals surface area contributed by atoms with Gasteiger partial charge < -0.3 is 45.3 Å². The molecule has 3 amide bonds. The van der Waals surface area contributed by atoms with Crippen molar-refractivity contribution in [3.05, 3.63) is 216 Å². The van der Waals surface area contributed by atoms with E-state index in [-0.39, 0.29) is 149 Å². The summed E-state index contributed by atoms with van der Waals surface area (Å²) in [5.74, 6) is 3.06. The largest absolute Gasteiger partial charge is 1.00 e. The van der Waals surface area contributed by atoms with Crippen LogP contribution in [0.5, 0.6) is 0 Å². The second-order valence-corrected chi connectivity index (χ2v) is 28.9. The van der Waals surface area contributed by atoms with E-state index in [1.165, 1.54) is 0 Å². The van der Waals surface area contributed by atoms with Gasteiger partial charge in [-0.1, -0.05) is 244 Å². The molecule has 1 unspecified atom stereocenters. The Morgan fingerprint density at radius 2 is 0.683 bits per heavy atom. The van der Waals surface area contributed by atoms with Crippen LogP contribution in [-0.4, -0.2) is 174 Å². The fourth-order valence-electron chi connectivity index (χ4n) is 12.9. The molecule has 0 spiro atoms. The van der Waals surface area contributed by atoms with Gasteiger partial charge in [-0.3, -0.25) is 14.4 Å². The van der Waals surface area contributed by atoms with E-state index >= 15 is 0 Å². The maximum atomic E-state index is 13.1. The number of aliphatic hydroxyl groups is 2. The van der Waals surface area contributed by atoms with E-state index in [1.54, 1.807) is 4.90 Å². The molecule has 0 saturated carbocycles. The molecule has 21 nitrogen and oxygen atoms in total. The van der Waals surface area contributed by atoms with E-state index in [2.05, 4.69) is 86.6 Å². The fourth-order valence-corrected chi connectivity index (χ4v) is 12.9. The summed E-state index contributed by atoms with van der Waals surface area (Å²) in [5.41, 5.74) is 5.06. The Bertz CT molecular complexity index is 3890. The van der Waals surface area contributed by atoms with Gasteiger partial charge in [0.15, 0.2) is 34.9 Å². The van der Waals surface area contributed by atoms with Crippen molar-refractivity contribution in [2.24, 2.45) is 34.0 Å². The Labute approximate surface area is 619 Å². The Hall–Kier alpha value is -8.32. The van der Waals surface area contributed by atoms with Crippen molar-refractivity contribution < 1.29 is 74.6 Å². The number of nitrogens with zero attached hydrogens (tertiary/aromatic N) is 12. The van der Waals surface area contributed by atoms with Crippen LogP contribution in [0.1, 0.15) is 116 Å². The molecule has 3 aliphatic heterocycles. The van der Waals surface area contributed by atoms with E-state index in [9.17, 15) is 29.4 Å². The molecule has 9 aromatic rings. The standard InChI is InChI=1S/2C26H32N4O3.C26H30N4O3.B.Na.H/c3*1-26(2,3)23(29-14-20(16-31)17-33-18-22(29)32)25-27-24(21-12-8-5-9-13-21)28-30(25)15-19-10-6-4-7-11-19;;;/h2*4-13,20,23,31H,14-18H2,1-3H3;4-13,16,20,23H,14-15,17-18H2,1-3H3;;;/q;;;;+1;-1/t20-,23+;20-,23-;20?,23-;;;/m100.../s1. The van der Waals surface area contributed by atoms with Crippen LogP contribution in [0.15, 0.2) is 182 Å². The van der Waals surface area contributed by atoms with Gasteiger partial charge in [-0.25, -0.2) is 29.0 Å². The van der Waals surface area contributed by atoms with Crippen LogP contribution in [0, 0.1) is 34.0 Å². The Kier molecular flexibility index (Phi) is 28.0. The Morgan fingerprint density at radius 1 is 0.426 bits per heavy atom. The third-order valence-corrected chi connectivity index (χ3v) is 17.6. The Morgan fingerprint density at radius 3 is 0.941 bits per heavy atom. The number of carbonyl (C=O) groups is 4. The SMILES string of the molecule is CC(C)(C)[C@H](c1nc(-c2ccccc2)nn1Cc1ccccc1)N1CC(C=O)COCC1=O.CC(C)(C)[C@H](c1nc(-c2ccccc2)nn1Cc1ccccc1)N1C[C@@H](CO)COCC1=O.CC(C)(C)[C@H](c1nc(-c2ccccc2)nn1Cc1ccccc1)N1C[C@H](CO)COCC1=O.[B].[H-].[Na+]. The van der Waals surface area contributed by atoms with Gasteiger partial charge in [0.25, 0.3) is 0 Å². The monoisotopic (exact) mass is 1380 g/mol. The summed E-state index contributed by atoms with van der Waals surface area (Å²) in [7, 11) is 0. The van der Waals surface area contributed by atoms with Crippen molar-refractivity contribution in [3.63, 3.8) is 0 Å². The number of benzene rings is 6. The maximum Gasteiger partial charge on any atom is 1.00 e. The number of rotatable bonds is 18. The molecule has 12 rings (SSSR count). The molecule has 23 heteroatoms. The quantitative estimate of drug-likeness (QED) is 0.0622. The number of hydrogen-bond donors (Lipinski definition) is 2. The summed E-state index contributed by atoms with van der Waals surface area (Å²) in [6.07, 6.45) is 0.870. The minimum absolute atomic E-state index is 0. The molecule has 3 radical (unpaired) electrons. The molecule has 6 aromatic carbocycles. The molecule has 6 heterocycles. The number of aliphatic hydroxyl groups excluding tert-OH is 2. The minimum atomic E-state index is -0.386. The summed E-state index contributed by atoms with van der Waals surface area (Å²) >= 11 is 0. The van der Waals surface area contributed by atoms with Gasteiger partial charge in [-0.2, -0.15) is 15.3 Å². The first-order chi connectivity index (χ1) is 47.6. The van der Waals surface area contributed by atoms with Crippen LogP contribution in [0.3, 0.4) is 0 Å². The molecule has 3 aromatic heterocycles. The van der Waals surface area contributed by atoms with Crippen LogP contribution < -0.4 is 29.6 Å². The van der Waals surface area contributed by atoms with E-state index < -0.39 is 0 Å². The second-order valence-electron chi connectivity index (χ2n) is 28.9. The molecule has 0 bridgehead atoms. The Balaban J connectivity index is 0.000000211. The van der Waals surface area contributed by atoms with E-state index in [1.807, 2.05) is 182 Å². The maximum absolute atomic E-state index is 13.1. The number of carbonyl (C=O) groups excluding carboxylic acids is 4. The first-order valence-electron chi connectivity index (χ1n) is 34.0. The smallest absolute Gasteiger partial charge is 1.00 e. The topological polar surface area (TPSA) is 238 Å². The van der Waals surface area contributed by atoms with Crippen LogP contribution in [-0.2, 0) is 53.0 Å². The van der Waals surface area contributed by atoms with Crippen molar-refractivity contribution in [2.45, 2.75) is 100 Å². The molecule has 525 valence electrons. The third kappa shape index (κ3) is 20.5. The zero-order valence-corrected chi connectivity index (χ0v) is 62.0. The molecule has 6 atom stereocenters. The first-order valence-corrected chi connectivity index (χ1v) is 34.0. The number of aromatic nitrogens is 9. The molecule has 101 heavy (non-hydrogen) atoms. The second kappa shape index (κ2) is 36.0. The summed E-state index contributed by atoms with van der Waals surface area (Å²) in [6.45, 7) is 22.5. The normalized spacial score (nSPS) is 17.8. The number of aldehydes is 1. The average Bonchev–Trinajstić information content (AvgIpc) is 1.59. The summed E-state index contributed by atoms with van der Waals surface area (Å²) in [5, 5.41) is 34.3. The zero-order valence-electron chi connectivity index (χ0n) is 61.0. The van der Waals surface area contributed by atoms with Gasteiger partial charge >= 0.3 is 29.6 Å². The van der Waals surface area contributed by atoms with Gasteiger partial charge in [-0.05, 0) is 32.9 Å². The number of amides is 3. The molecular formula is C78H95BN12NaO9. The molecule has 2 N–H and O–H groups in total. The first kappa shape index (κ1) is 78.4. The van der Waals surface area contributed by atoms with Crippen molar-refractivity contribution in [2.75, 3.05) is 72.5 Å². The summed E-state index contributed by atoms with van der Waals surface area (Å²) in [4.78, 5) is 71.4. The summed E-state index contributed by atoms with van der Waals surface area (Å²) in [6, 6.07) is 58.9. The van der Waals surface area contributed by atoms with Crippen LogP contribution in [0.2, 0.25) is 0 Å². The van der Waals surface area contributed by atoms with Gasteiger partial charge in [0.05, 0.1) is 63.5 Å². The van der Waals surface area contributed by atoms with E-state index in [0.717, 1.165) is 51.3 Å². The minimum Gasteiger partial charge on any atom is -1.00 e. The van der Waals surface area contributed by atoms with E-state index in [4.69, 9.17) is 44.5 Å². The van der Waals surface area contributed by atoms with Crippen molar-refractivity contribution >= 4 is 32.4 Å². The van der Waals surface area contributed by atoms with Crippen LogP contribution in [0.25, 0.3) is 34.2 Å². The van der Waals surface area contributed by atoms with Crippen molar-refractivity contribution in [3.8, 4) is 34.2 Å². The number of ether oxygens (including phenoxy) is 3. The van der Waals surface area contributed by atoms with Crippen LogP contribution in [0.4, 0.5) is 0 Å². The van der Waals surface area contributed by atoms with Crippen molar-refractivity contribution in [1.82, 2.24) is 59.0 Å².